The van der Waals surface area contributed by atoms with Gasteiger partial charge in [-0.25, -0.2) is 9.37 Å². The van der Waals surface area contributed by atoms with Crippen LogP contribution in [0.4, 0.5) is 17.6 Å². The van der Waals surface area contributed by atoms with Crippen LogP contribution in [0.5, 0.6) is 11.6 Å². The maximum absolute atomic E-state index is 13.8. The molecule has 0 bridgehead atoms. The normalized spacial score (nSPS) is 21.1. The lowest BCUT2D eigenvalue weighted by Gasteiger charge is -2.33. The summed E-state index contributed by atoms with van der Waals surface area (Å²) < 4.78 is 64.7. The molecule has 1 fully saturated rings. The van der Waals surface area contributed by atoms with Gasteiger partial charge in [0.2, 0.25) is 5.88 Å². The predicted molar refractivity (Wildman–Crippen MR) is 131 cm³/mol. The summed E-state index contributed by atoms with van der Waals surface area (Å²) in [7, 11) is 1.36. The van der Waals surface area contributed by atoms with Gasteiger partial charge in [-0.05, 0) is 42.5 Å². The lowest BCUT2D eigenvalue weighted by atomic mass is 9.98. The molecular formula is C28H27F4N3O3. The van der Waals surface area contributed by atoms with Crippen molar-refractivity contribution >= 4 is 5.91 Å². The second-order valence-electron chi connectivity index (χ2n) is 9.45. The van der Waals surface area contributed by atoms with E-state index >= 15 is 0 Å². The quantitative estimate of drug-likeness (QED) is 0.452. The number of methoxy groups -OCH3 is 1. The van der Waals surface area contributed by atoms with Crippen LogP contribution in [0.25, 0.3) is 0 Å². The first kappa shape index (κ1) is 26.0. The lowest BCUT2D eigenvalue weighted by molar-refractivity contribution is -0.140. The molecule has 2 aliphatic rings. The summed E-state index contributed by atoms with van der Waals surface area (Å²) in [4.78, 5) is 19.3. The Kier molecular flexibility index (Phi) is 7.25. The smallest absolute Gasteiger partial charge is 0.417 e. The molecule has 200 valence electrons. The Balaban J connectivity index is 1.37. The van der Waals surface area contributed by atoms with Gasteiger partial charge in [-0.1, -0.05) is 36.4 Å². The molecule has 0 saturated carbocycles. The van der Waals surface area contributed by atoms with E-state index in [4.69, 9.17) is 9.47 Å². The molecular weight excluding hydrogens is 502 g/mol. The molecule has 2 aliphatic heterocycles. The number of aryl methyl sites for hydroxylation is 1. The van der Waals surface area contributed by atoms with Crippen LogP contribution in [0, 0.1) is 5.82 Å². The van der Waals surface area contributed by atoms with Crippen LogP contribution in [-0.4, -0.2) is 41.6 Å². The third-order valence-electron chi connectivity index (χ3n) is 7.07. The number of rotatable bonds is 6. The molecule has 38 heavy (non-hydrogen) atoms. The highest BCUT2D eigenvalue weighted by Crippen LogP contribution is 2.37. The van der Waals surface area contributed by atoms with E-state index in [1.54, 1.807) is 11.0 Å². The molecule has 3 aromatic rings. The number of carbonyl (C=O) groups is 1. The summed E-state index contributed by atoms with van der Waals surface area (Å²) in [6.45, 7) is 0.507. The molecule has 3 atom stereocenters. The Morgan fingerprint density at radius 3 is 2.68 bits per heavy atom. The average Bonchev–Trinajstić information content (AvgIpc) is 3.34. The fourth-order valence-corrected chi connectivity index (χ4v) is 5.22. The molecule has 1 N–H and O–H groups in total. The number of aromatic nitrogens is 1. The second kappa shape index (κ2) is 10.6. The number of pyridine rings is 1. The highest BCUT2D eigenvalue weighted by Gasteiger charge is 2.42. The van der Waals surface area contributed by atoms with E-state index < -0.39 is 23.7 Å². The van der Waals surface area contributed by atoms with Gasteiger partial charge in [-0.15, -0.1) is 0 Å². The van der Waals surface area contributed by atoms with Crippen LogP contribution in [0.1, 0.15) is 41.1 Å². The van der Waals surface area contributed by atoms with Gasteiger partial charge < -0.3 is 19.7 Å². The van der Waals surface area contributed by atoms with E-state index in [1.807, 2.05) is 30.3 Å². The molecule has 6 nitrogen and oxygen atoms in total. The van der Waals surface area contributed by atoms with Gasteiger partial charge in [0.1, 0.15) is 11.6 Å². The molecule has 0 spiro atoms. The Morgan fingerprint density at radius 2 is 1.95 bits per heavy atom. The average molecular weight is 530 g/mol. The summed E-state index contributed by atoms with van der Waals surface area (Å²) in [5, 5.41) is 3.34. The molecule has 1 aromatic heterocycles. The van der Waals surface area contributed by atoms with Crippen molar-refractivity contribution in [2.75, 3.05) is 13.7 Å². The number of alkyl halides is 3. The number of fused-ring (bicyclic) bond motifs is 1. The number of hydrogen-bond acceptors (Lipinski definition) is 5. The van der Waals surface area contributed by atoms with Gasteiger partial charge >= 0.3 is 6.18 Å². The van der Waals surface area contributed by atoms with Crippen molar-refractivity contribution in [3.8, 4) is 11.6 Å². The molecule has 1 amide bonds. The van der Waals surface area contributed by atoms with Crippen LogP contribution in [0.15, 0.2) is 60.8 Å². The van der Waals surface area contributed by atoms with Gasteiger partial charge in [-0.2, -0.15) is 13.2 Å². The van der Waals surface area contributed by atoms with Crippen LogP contribution in [0.2, 0.25) is 0 Å². The minimum Gasteiger partial charge on any atom is -0.481 e. The zero-order chi connectivity index (χ0) is 26.9. The maximum atomic E-state index is 13.8. The number of hydrogen-bond donors (Lipinski definition) is 1. The van der Waals surface area contributed by atoms with Crippen LogP contribution >= 0.6 is 0 Å². The van der Waals surface area contributed by atoms with E-state index in [0.29, 0.717) is 31.6 Å². The minimum atomic E-state index is -4.53. The predicted octanol–water partition coefficient (Wildman–Crippen LogP) is 5.07. The Labute approximate surface area is 217 Å². The van der Waals surface area contributed by atoms with Crippen LogP contribution in [-0.2, 0) is 23.9 Å². The number of nitrogens with one attached hydrogen (secondary N) is 1. The second-order valence-corrected chi connectivity index (χ2v) is 9.45. The van der Waals surface area contributed by atoms with Crippen molar-refractivity contribution in [3.63, 3.8) is 0 Å². The number of carbonyl (C=O) groups excluding carboxylic acids is 1. The highest BCUT2D eigenvalue weighted by atomic mass is 19.4. The monoisotopic (exact) mass is 529 g/mol. The van der Waals surface area contributed by atoms with Crippen LogP contribution in [0.3, 0.4) is 0 Å². The van der Waals surface area contributed by atoms with E-state index in [-0.39, 0.29) is 36.0 Å². The molecule has 3 heterocycles. The number of nitrogens with zero attached hydrogens (tertiary/aromatic N) is 2. The molecule has 1 saturated heterocycles. The van der Waals surface area contributed by atoms with E-state index in [2.05, 4.69) is 10.3 Å². The first-order valence-electron chi connectivity index (χ1n) is 12.4. The lowest BCUT2D eigenvalue weighted by Crippen LogP contribution is -2.45. The van der Waals surface area contributed by atoms with Gasteiger partial charge in [-0.3, -0.25) is 4.79 Å². The van der Waals surface area contributed by atoms with Crippen molar-refractivity contribution in [3.05, 3.63) is 88.9 Å². The highest BCUT2D eigenvalue weighted by molar-refractivity contribution is 5.82. The van der Waals surface area contributed by atoms with Crippen molar-refractivity contribution < 1.29 is 31.8 Å². The molecule has 0 aliphatic carbocycles. The topological polar surface area (TPSA) is 63.7 Å². The molecule has 10 heteroatoms. The van der Waals surface area contributed by atoms with E-state index in [0.717, 1.165) is 23.4 Å². The van der Waals surface area contributed by atoms with Crippen LogP contribution < -0.4 is 14.8 Å². The summed E-state index contributed by atoms with van der Waals surface area (Å²) in [5.74, 6) is -0.140. The number of halogens is 4. The maximum Gasteiger partial charge on any atom is 0.417 e. The third kappa shape index (κ3) is 5.31. The first-order chi connectivity index (χ1) is 18.2. The minimum absolute atomic E-state index is 0.0721. The first-order valence-corrected chi connectivity index (χ1v) is 12.4. The standard InChI is InChI=1S/C28H27F4N3O3/c1-37-26-19(13-20(16-34-26)28(30,31)32)15-33-22-11-12-35(25(22)18-5-3-2-4-6-18)27(36)23-10-8-17-7-9-21(29)14-24(17)38-23/h2-7,9,13-14,16,22-23,25,33H,8,10-12,15H2,1H3. The Bertz CT molecular complexity index is 1300. The number of ether oxygens (including phenoxy) is 2. The van der Waals surface area contributed by atoms with Crippen molar-refractivity contribution in [2.45, 2.75) is 50.2 Å². The third-order valence-corrected chi connectivity index (χ3v) is 7.07. The van der Waals surface area contributed by atoms with E-state index in [1.165, 1.54) is 19.2 Å². The Morgan fingerprint density at radius 1 is 1.16 bits per heavy atom. The zero-order valence-corrected chi connectivity index (χ0v) is 20.7. The van der Waals surface area contributed by atoms with Gasteiger partial charge in [0.25, 0.3) is 5.91 Å². The number of likely N-dealkylation sites (tertiary alicyclic amines) is 1. The summed E-state index contributed by atoms with van der Waals surface area (Å²) in [6.07, 6.45) is -2.88. The SMILES string of the molecule is COc1ncc(C(F)(F)F)cc1CNC1CCN(C(=O)C2CCc3ccc(F)cc3O2)C1c1ccccc1. The van der Waals surface area contributed by atoms with Gasteiger partial charge in [0.05, 0.1) is 18.7 Å². The van der Waals surface area contributed by atoms with Crippen molar-refractivity contribution in [2.24, 2.45) is 0 Å². The van der Waals surface area contributed by atoms with Crippen molar-refractivity contribution in [1.82, 2.24) is 15.2 Å². The summed E-state index contributed by atoms with van der Waals surface area (Å²) >= 11 is 0. The fraction of sp³-hybridized carbons (Fsp3) is 0.357. The molecule has 0 radical (unpaired) electrons. The van der Waals surface area contributed by atoms with E-state index in [9.17, 15) is 22.4 Å². The summed E-state index contributed by atoms with van der Waals surface area (Å²) in [5.41, 5.74) is 1.17. The summed E-state index contributed by atoms with van der Waals surface area (Å²) in [6, 6.07) is 14.2. The zero-order valence-electron chi connectivity index (χ0n) is 20.7. The number of benzene rings is 2. The van der Waals surface area contributed by atoms with Gasteiger partial charge in [0, 0.05) is 37.0 Å². The molecule has 5 rings (SSSR count). The molecule has 3 unspecified atom stereocenters. The largest absolute Gasteiger partial charge is 0.481 e. The Hall–Kier alpha value is -3.66. The number of amides is 1. The van der Waals surface area contributed by atoms with Crippen molar-refractivity contribution in [1.29, 1.82) is 0 Å². The van der Waals surface area contributed by atoms with Gasteiger partial charge in [0.15, 0.2) is 6.10 Å². The molecule has 2 aromatic carbocycles. The fourth-order valence-electron chi connectivity index (χ4n) is 5.22.